The zero-order valence-electron chi connectivity index (χ0n) is 13.4. The van der Waals surface area contributed by atoms with E-state index in [0.717, 1.165) is 25.1 Å². The first-order valence-electron chi connectivity index (χ1n) is 7.61. The number of rotatable bonds is 4. The van der Waals surface area contributed by atoms with Crippen LogP contribution in [0.15, 0.2) is 18.2 Å². The Balaban J connectivity index is 1.94. The first-order chi connectivity index (χ1) is 10.5. The smallest absolute Gasteiger partial charge is 0.219 e. The van der Waals surface area contributed by atoms with Crippen molar-refractivity contribution in [2.45, 2.75) is 32.9 Å². The fraction of sp³-hybridized carbons (Fsp3) is 0.529. The maximum atomic E-state index is 11.4. The summed E-state index contributed by atoms with van der Waals surface area (Å²) in [5.74, 6) is 1.18. The van der Waals surface area contributed by atoms with E-state index in [2.05, 4.69) is 18.3 Å². The largest absolute Gasteiger partial charge is 0.495 e. The zero-order chi connectivity index (χ0) is 16.1. The van der Waals surface area contributed by atoms with Crippen LogP contribution in [0.1, 0.15) is 31.4 Å². The molecule has 1 aliphatic rings. The maximum Gasteiger partial charge on any atom is 0.219 e. The number of hydrogen-bond acceptors (Lipinski definition) is 4. The lowest BCUT2D eigenvalue weighted by molar-refractivity contribution is -0.130. The van der Waals surface area contributed by atoms with Gasteiger partial charge in [-0.1, -0.05) is 13.0 Å². The van der Waals surface area contributed by atoms with Crippen LogP contribution in [0.2, 0.25) is 0 Å². The second kappa shape index (κ2) is 7.28. The minimum atomic E-state index is 0.152. The molecule has 0 aromatic heterocycles. The summed E-state index contributed by atoms with van der Waals surface area (Å²) in [7, 11) is 1.57. The van der Waals surface area contributed by atoms with Crippen molar-refractivity contribution >= 4 is 5.91 Å². The Morgan fingerprint density at radius 1 is 1.55 bits per heavy atom. The molecule has 1 amide bonds. The summed E-state index contributed by atoms with van der Waals surface area (Å²) >= 11 is 0. The number of nitriles is 1. The number of amides is 1. The van der Waals surface area contributed by atoms with Gasteiger partial charge in [-0.05, 0) is 30.0 Å². The molecule has 2 unspecified atom stereocenters. The molecule has 0 aliphatic carbocycles. The highest BCUT2D eigenvalue weighted by molar-refractivity contribution is 5.73. The van der Waals surface area contributed by atoms with Gasteiger partial charge < -0.3 is 15.0 Å². The Morgan fingerprint density at radius 3 is 2.91 bits per heavy atom. The van der Waals surface area contributed by atoms with E-state index in [0.29, 0.717) is 29.8 Å². The van der Waals surface area contributed by atoms with E-state index >= 15 is 0 Å². The van der Waals surface area contributed by atoms with Crippen molar-refractivity contribution in [3.63, 3.8) is 0 Å². The van der Waals surface area contributed by atoms with Gasteiger partial charge in [0.1, 0.15) is 11.8 Å². The van der Waals surface area contributed by atoms with Crippen LogP contribution in [0.25, 0.3) is 0 Å². The van der Waals surface area contributed by atoms with Crippen molar-refractivity contribution in [2.75, 3.05) is 20.2 Å². The third kappa shape index (κ3) is 3.77. The number of methoxy groups -OCH3 is 1. The van der Waals surface area contributed by atoms with Crippen LogP contribution in [0.3, 0.4) is 0 Å². The van der Waals surface area contributed by atoms with Crippen molar-refractivity contribution in [3.05, 3.63) is 29.3 Å². The molecule has 22 heavy (non-hydrogen) atoms. The fourth-order valence-electron chi connectivity index (χ4n) is 2.94. The highest BCUT2D eigenvalue weighted by atomic mass is 16.5. The monoisotopic (exact) mass is 301 g/mol. The van der Waals surface area contributed by atoms with Gasteiger partial charge in [0.05, 0.1) is 12.7 Å². The molecular weight excluding hydrogens is 278 g/mol. The summed E-state index contributed by atoms with van der Waals surface area (Å²) in [5.41, 5.74) is 1.62. The van der Waals surface area contributed by atoms with Crippen LogP contribution in [-0.4, -0.2) is 37.0 Å². The average Bonchev–Trinajstić information content (AvgIpc) is 2.53. The predicted molar refractivity (Wildman–Crippen MR) is 84.4 cm³/mol. The van der Waals surface area contributed by atoms with Gasteiger partial charge in [-0.15, -0.1) is 0 Å². The Labute approximate surface area is 131 Å². The molecule has 1 N–H and O–H groups in total. The molecule has 118 valence electrons. The van der Waals surface area contributed by atoms with Gasteiger partial charge in [0.2, 0.25) is 5.91 Å². The molecule has 0 spiro atoms. The highest BCUT2D eigenvalue weighted by Crippen LogP contribution is 2.20. The van der Waals surface area contributed by atoms with Crippen molar-refractivity contribution < 1.29 is 9.53 Å². The SMILES string of the molecule is COc1ccc(CNC2CCN(C(C)=O)CC2C)cc1C#N. The summed E-state index contributed by atoms with van der Waals surface area (Å²) in [6.45, 7) is 6.12. The van der Waals surface area contributed by atoms with Gasteiger partial charge in [0.25, 0.3) is 0 Å². The second-order valence-electron chi connectivity index (χ2n) is 5.86. The topological polar surface area (TPSA) is 65.4 Å². The number of piperidine rings is 1. The van der Waals surface area contributed by atoms with E-state index in [4.69, 9.17) is 10.00 Å². The van der Waals surface area contributed by atoms with Gasteiger partial charge in [-0.3, -0.25) is 4.79 Å². The van der Waals surface area contributed by atoms with Crippen LogP contribution < -0.4 is 10.1 Å². The number of hydrogen-bond donors (Lipinski definition) is 1. The Bertz CT molecular complexity index is 580. The van der Waals surface area contributed by atoms with Crippen LogP contribution >= 0.6 is 0 Å². The molecule has 1 fully saturated rings. The van der Waals surface area contributed by atoms with E-state index in [1.165, 1.54) is 0 Å². The second-order valence-corrected chi connectivity index (χ2v) is 5.86. The third-order valence-corrected chi connectivity index (χ3v) is 4.30. The van der Waals surface area contributed by atoms with Crippen molar-refractivity contribution in [1.29, 1.82) is 5.26 Å². The Hall–Kier alpha value is -2.06. The van der Waals surface area contributed by atoms with E-state index in [-0.39, 0.29) is 5.91 Å². The summed E-state index contributed by atoms with van der Waals surface area (Å²) in [4.78, 5) is 13.3. The van der Waals surface area contributed by atoms with Crippen molar-refractivity contribution in [3.8, 4) is 11.8 Å². The number of nitrogens with one attached hydrogen (secondary N) is 1. The average molecular weight is 301 g/mol. The molecule has 1 aromatic carbocycles. The molecule has 0 radical (unpaired) electrons. The summed E-state index contributed by atoms with van der Waals surface area (Å²) in [5, 5.41) is 12.7. The maximum absolute atomic E-state index is 11.4. The number of benzene rings is 1. The molecule has 2 atom stereocenters. The molecule has 5 heteroatoms. The van der Waals surface area contributed by atoms with E-state index in [1.807, 2.05) is 23.1 Å². The molecule has 2 rings (SSSR count). The first kappa shape index (κ1) is 16.3. The normalized spacial score (nSPS) is 21.3. The van der Waals surface area contributed by atoms with E-state index < -0.39 is 0 Å². The van der Waals surface area contributed by atoms with Crippen molar-refractivity contribution in [2.24, 2.45) is 5.92 Å². The molecule has 5 nitrogen and oxygen atoms in total. The quantitative estimate of drug-likeness (QED) is 0.922. The fourth-order valence-corrected chi connectivity index (χ4v) is 2.94. The third-order valence-electron chi connectivity index (χ3n) is 4.30. The summed E-state index contributed by atoms with van der Waals surface area (Å²) in [6, 6.07) is 8.21. The van der Waals surface area contributed by atoms with Gasteiger partial charge in [0.15, 0.2) is 0 Å². The zero-order valence-corrected chi connectivity index (χ0v) is 13.4. The molecule has 1 aromatic rings. The van der Waals surface area contributed by atoms with Crippen LogP contribution in [-0.2, 0) is 11.3 Å². The lowest BCUT2D eigenvalue weighted by atomic mass is 9.93. The van der Waals surface area contributed by atoms with Gasteiger partial charge >= 0.3 is 0 Å². The molecule has 0 bridgehead atoms. The lowest BCUT2D eigenvalue weighted by Crippen LogP contribution is -2.49. The predicted octanol–water partition coefficient (Wildman–Crippen LogP) is 1.91. The van der Waals surface area contributed by atoms with Crippen LogP contribution in [0, 0.1) is 17.2 Å². The number of carbonyl (C=O) groups is 1. The van der Waals surface area contributed by atoms with E-state index in [9.17, 15) is 4.79 Å². The summed E-state index contributed by atoms with van der Waals surface area (Å²) < 4.78 is 5.16. The van der Waals surface area contributed by atoms with Gasteiger partial charge in [0, 0.05) is 32.6 Å². The Morgan fingerprint density at radius 2 is 2.32 bits per heavy atom. The first-order valence-corrected chi connectivity index (χ1v) is 7.61. The number of likely N-dealkylation sites (tertiary alicyclic amines) is 1. The lowest BCUT2D eigenvalue weighted by Gasteiger charge is -2.37. The number of nitrogens with zero attached hydrogens (tertiary/aromatic N) is 2. The van der Waals surface area contributed by atoms with Gasteiger partial charge in [-0.2, -0.15) is 5.26 Å². The van der Waals surface area contributed by atoms with Crippen molar-refractivity contribution in [1.82, 2.24) is 10.2 Å². The standard InChI is InChI=1S/C17H23N3O2/c1-12-11-20(13(2)21)7-6-16(12)19-10-14-4-5-17(22-3)15(8-14)9-18/h4-5,8,12,16,19H,6-7,10-11H2,1-3H3. The van der Waals surface area contributed by atoms with E-state index in [1.54, 1.807) is 14.0 Å². The van der Waals surface area contributed by atoms with Crippen LogP contribution in [0.4, 0.5) is 0 Å². The minimum absolute atomic E-state index is 0.152. The highest BCUT2D eigenvalue weighted by Gasteiger charge is 2.26. The van der Waals surface area contributed by atoms with Crippen LogP contribution in [0.5, 0.6) is 5.75 Å². The number of carbonyl (C=O) groups excluding carboxylic acids is 1. The molecule has 1 heterocycles. The minimum Gasteiger partial charge on any atom is -0.495 e. The molecular formula is C17H23N3O2. The van der Waals surface area contributed by atoms with Gasteiger partial charge in [-0.25, -0.2) is 0 Å². The molecule has 1 aliphatic heterocycles. The molecule has 0 saturated carbocycles. The molecule has 1 saturated heterocycles. The number of ether oxygens (including phenoxy) is 1. The Kier molecular flexibility index (Phi) is 5.40. The summed E-state index contributed by atoms with van der Waals surface area (Å²) in [6.07, 6.45) is 0.960.